The number of alkyl halides is 3. The van der Waals surface area contributed by atoms with Crippen molar-refractivity contribution in [2.75, 3.05) is 10.8 Å². The summed E-state index contributed by atoms with van der Waals surface area (Å²) in [5.41, 5.74) is 5.63. The molecule has 0 saturated carbocycles. The van der Waals surface area contributed by atoms with Gasteiger partial charge in [-0.25, -0.2) is 8.42 Å². The number of rotatable bonds is 2. The Morgan fingerprint density at radius 3 is 2.52 bits per heavy atom. The summed E-state index contributed by atoms with van der Waals surface area (Å²) in [6.07, 6.45) is -4.40. The fourth-order valence-electron chi connectivity index (χ4n) is 2.88. The Hall–Kier alpha value is -1.77. The first kappa shape index (κ1) is 18.0. The number of nitrogens with zero attached hydrogens (tertiary/aromatic N) is 1. The van der Waals surface area contributed by atoms with Crippen LogP contribution in [0, 0.1) is 0 Å². The highest BCUT2D eigenvalue weighted by Crippen LogP contribution is 2.39. The lowest BCUT2D eigenvalue weighted by Gasteiger charge is -2.34. The Kier molecular flexibility index (Phi) is 4.47. The molecule has 0 amide bonds. The third-order valence-corrected chi connectivity index (χ3v) is 6.03. The first-order valence-corrected chi connectivity index (χ1v) is 9.15. The van der Waals surface area contributed by atoms with Gasteiger partial charge in [-0.2, -0.15) is 13.2 Å². The molecular weight excluding hydrogens is 377 g/mol. The van der Waals surface area contributed by atoms with Crippen LogP contribution in [0.5, 0.6) is 0 Å². The molecule has 0 saturated heterocycles. The molecule has 25 heavy (non-hydrogen) atoms. The lowest BCUT2D eigenvalue weighted by atomic mass is 10.0. The molecule has 2 aromatic carbocycles. The van der Waals surface area contributed by atoms with Crippen LogP contribution in [0.3, 0.4) is 0 Å². The first-order chi connectivity index (χ1) is 11.6. The normalized spacial score (nSPS) is 18.1. The van der Waals surface area contributed by atoms with E-state index in [0.29, 0.717) is 23.7 Å². The molecule has 0 aromatic heterocycles. The quantitative estimate of drug-likeness (QED) is 0.854. The van der Waals surface area contributed by atoms with E-state index in [-0.39, 0.29) is 11.6 Å². The smallest absolute Gasteiger partial charge is 0.326 e. The minimum atomic E-state index is -4.86. The minimum absolute atomic E-state index is 0.0979. The zero-order valence-electron chi connectivity index (χ0n) is 12.8. The Bertz CT molecular complexity index is 916. The molecule has 3 rings (SSSR count). The molecule has 1 heterocycles. The monoisotopic (exact) mass is 390 g/mol. The molecule has 2 N–H and O–H groups in total. The highest BCUT2D eigenvalue weighted by Gasteiger charge is 2.41. The summed E-state index contributed by atoms with van der Waals surface area (Å²) in [6, 6.07) is 8.74. The summed E-state index contributed by atoms with van der Waals surface area (Å²) in [4.78, 5) is -0.840. The van der Waals surface area contributed by atoms with Gasteiger partial charge in [0.25, 0.3) is 10.0 Å². The largest absolute Gasteiger partial charge is 0.417 e. The van der Waals surface area contributed by atoms with Crippen LogP contribution in [0.15, 0.2) is 47.4 Å². The molecule has 0 radical (unpaired) electrons. The molecule has 134 valence electrons. The third-order valence-electron chi connectivity index (χ3n) is 3.96. The van der Waals surface area contributed by atoms with E-state index in [1.54, 1.807) is 24.3 Å². The van der Waals surface area contributed by atoms with Gasteiger partial charge in [-0.15, -0.1) is 0 Å². The lowest BCUT2D eigenvalue weighted by molar-refractivity contribution is -0.139. The fraction of sp³-hybridized carbons (Fsp3) is 0.250. The topological polar surface area (TPSA) is 63.4 Å². The molecule has 2 aromatic rings. The maximum absolute atomic E-state index is 13.3. The van der Waals surface area contributed by atoms with Gasteiger partial charge in [-0.1, -0.05) is 29.8 Å². The third kappa shape index (κ3) is 3.33. The van der Waals surface area contributed by atoms with E-state index in [2.05, 4.69) is 0 Å². The summed E-state index contributed by atoms with van der Waals surface area (Å²) in [5, 5.41) is -0.193. The van der Waals surface area contributed by atoms with Gasteiger partial charge in [0.15, 0.2) is 0 Å². The van der Waals surface area contributed by atoms with Gasteiger partial charge >= 0.3 is 6.18 Å². The van der Waals surface area contributed by atoms with Gasteiger partial charge in [-0.05, 0) is 36.2 Å². The molecule has 0 spiro atoms. The lowest BCUT2D eigenvalue weighted by Crippen LogP contribution is -2.46. The van der Waals surface area contributed by atoms with Crippen LogP contribution in [-0.2, 0) is 22.6 Å². The van der Waals surface area contributed by atoms with Crippen molar-refractivity contribution < 1.29 is 21.6 Å². The first-order valence-electron chi connectivity index (χ1n) is 7.33. The average molecular weight is 391 g/mol. The van der Waals surface area contributed by atoms with Crippen LogP contribution in [-0.4, -0.2) is 21.0 Å². The van der Waals surface area contributed by atoms with Crippen LogP contribution in [0.2, 0.25) is 5.02 Å². The molecule has 9 heteroatoms. The van der Waals surface area contributed by atoms with Crippen molar-refractivity contribution in [3.8, 4) is 0 Å². The number of fused-ring (bicyclic) bond motifs is 1. The highest BCUT2D eigenvalue weighted by atomic mass is 35.5. The fourth-order valence-corrected chi connectivity index (χ4v) is 4.81. The molecule has 4 nitrogen and oxygen atoms in total. The maximum atomic E-state index is 13.3. The van der Waals surface area contributed by atoms with Crippen molar-refractivity contribution in [3.63, 3.8) is 0 Å². The second-order valence-corrected chi connectivity index (χ2v) is 8.03. The number of halogens is 4. The number of sulfonamides is 1. The molecule has 1 aliphatic rings. The molecule has 0 fully saturated rings. The van der Waals surface area contributed by atoms with Crippen LogP contribution in [0.25, 0.3) is 0 Å². The second kappa shape index (κ2) is 6.19. The molecule has 1 aliphatic heterocycles. The summed E-state index contributed by atoms with van der Waals surface area (Å²) < 4.78 is 66.9. The van der Waals surface area contributed by atoms with Gasteiger partial charge < -0.3 is 5.73 Å². The Labute approximate surface area is 148 Å². The van der Waals surface area contributed by atoms with E-state index in [0.717, 1.165) is 16.4 Å². The Morgan fingerprint density at radius 1 is 1.16 bits per heavy atom. The molecule has 1 unspecified atom stereocenters. The summed E-state index contributed by atoms with van der Waals surface area (Å²) in [5.74, 6) is 0. The average Bonchev–Trinajstić information content (AvgIpc) is 2.52. The van der Waals surface area contributed by atoms with Crippen molar-refractivity contribution in [1.82, 2.24) is 0 Å². The zero-order valence-corrected chi connectivity index (χ0v) is 14.4. The van der Waals surface area contributed by atoms with Crippen molar-refractivity contribution >= 4 is 27.3 Å². The maximum Gasteiger partial charge on any atom is 0.417 e. The van der Waals surface area contributed by atoms with E-state index in [1.807, 2.05) is 0 Å². The van der Waals surface area contributed by atoms with Crippen molar-refractivity contribution in [2.24, 2.45) is 5.73 Å². The molecule has 1 atom stereocenters. The van der Waals surface area contributed by atoms with Gasteiger partial charge in [-0.3, -0.25) is 4.31 Å². The van der Waals surface area contributed by atoms with E-state index in [4.69, 9.17) is 17.3 Å². The number of para-hydroxylation sites is 1. The minimum Gasteiger partial charge on any atom is -0.326 e. The van der Waals surface area contributed by atoms with Crippen LogP contribution in [0.4, 0.5) is 18.9 Å². The molecule has 0 bridgehead atoms. The van der Waals surface area contributed by atoms with Crippen molar-refractivity contribution in [2.45, 2.75) is 23.5 Å². The van der Waals surface area contributed by atoms with Crippen molar-refractivity contribution in [1.29, 1.82) is 0 Å². The molecule has 0 aliphatic carbocycles. The predicted octanol–water partition coefficient (Wildman–Crippen LogP) is 3.44. The number of benzene rings is 2. The van der Waals surface area contributed by atoms with Gasteiger partial charge in [0.2, 0.25) is 0 Å². The van der Waals surface area contributed by atoms with Gasteiger partial charge in [0.1, 0.15) is 0 Å². The Morgan fingerprint density at radius 2 is 1.84 bits per heavy atom. The number of nitrogens with two attached hydrogens (primary N) is 1. The van der Waals surface area contributed by atoms with Crippen molar-refractivity contribution in [3.05, 3.63) is 58.6 Å². The number of anilines is 1. The SMILES string of the molecule is NC1Cc2ccccc2N(S(=O)(=O)c2ccc(Cl)cc2C(F)(F)F)C1. The number of hydrogen-bond acceptors (Lipinski definition) is 3. The zero-order chi connectivity index (χ0) is 18.4. The summed E-state index contributed by atoms with van der Waals surface area (Å²) in [7, 11) is -4.46. The van der Waals surface area contributed by atoms with E-state index in [9.17, 15) is 21.6 Å². The van der Waals surface area contributed by atoms with Gasteiger partial charge in [0.05, 0.1) is 16.1 Å². The Balaban J connectivity index is 2.19. The van der Waals surface area contributed by atoms with E-state index >= 15 is 0 Å². The van der Waals surface area contributed by atoms with Crippen LogP contribution in [0.1, 0.15) is 11.1 Å². The van der Waals surface area contributed by atoms with E-state index in [1.165, 1.54) is 0 Å². The summed E-state index contributed by atoms with van der Waals surface area (Å²) in [6.45, 7) is -0.0979. The molecular formula is C16H14ClF3N2O2S. The highest BCUT2D eigenvalue weighted by molar-refractivity contribution is 7.92. The number of hydrogen-bond donors (Lipinski definition) is 1. The van der Waals surface area contributed by atoms with Crippen LogP contribution >= 0.6 is 11.6 Å². The second-order valence-electron chi connectivity index (χ2n) is 5.77. The summed E-state index contributed by atoms with van der Waals surface area (Å²) >= 11 is 5.63. The van der Waals surface area contributed by atoms with E-state index < -0.39 is 32.7 Å². The van der Waals surface area contributed by atoms with Crippen LogP contribution < -0.4 is 10.0 Å². The van der Waals surface area contributed by atoms with Gasteiger partial charge in [0, 0.05) is 17.6 Å². The predicted molar refractivity (Wildman–Crippen MR) is 89.1 cm³/mol. The standard InChI is InChI=1S/C16H14ClF3N2O2S/c17-11-5-6-15(13(8-11)16(18,19)20)25(23,24)22-9-12(21)7-10-3-1-2-4-14(10)22/h1-6,8,12H,7,9,21H2.